The number of ether oxygens (including phenoxy) is 1. The van der Waals surface area contributed by atoms with Crippen LogP contribution in [-0.2, 0) is 14.9 Å². The van der Waals surface area contributed by atoms with Gasteiger partial charge < -0.3 is 15.8 Å². The van der Waals surface area contributed by atoms with Crippen molar-refractivity contribution in [2.24, 2.45) is 0 Å². The molecule has 0 saturated heterocycles. The number of rotatable bonds is 6. The number of nitrogens with two attached hydrogens (primary N) is 1. The highest BCUT2D eigenvalue weighted by Gasteiger charge is 2.44. The quantitative estimate of drug-likeness (QED) is 0.239. The van der Waals surface area contributed by atoms with Crippen molar-refractivity contribution < 1.29 is 18.7 Å². The molecule has 0 bridgehead atoms. The minimum atomic E-state index is -1.31. The lowest BCUT2D eigenvalue weighted by Gasteiger charge is -2.34. The fourth-order valence-corrected chi connectivity index (χ4v) is 4.15. The lowest BCUT2D eigenvalue weighted by atomic mass is 9.68. The number of carbonyl (C=O) groups is 2. The molecule has 0 atom stereocenters. The first kappa shape index (κ1) is 22.7. The van der Waals surface area contributed by atoms with Crippen molar-refractivity contribution in [3.05, 3.63) is 131 Å². The highest BCUT2D eigenvalue weighted by Crippen LogP contribution is 2.40. The van der Waals surface area contributed by atoms with E-state index >= 15 is 4.39 Å². The van der Waals surface area contributed by atoms with Crippen LogP contribution in [0.4, 0.5) is 15.8 Å². The maximum absolute atomic E-state index is 15.0. The number of methoxy groups -OCH3 is 1. The maximum atomic E-state index is 15.0. The van der Waals surface area contributed by atoms with E-state index in [0.29, 0.717) is 16.7 Å². The number of hydrogen-bond donors (Lipinski definition) is 2. The van der Waals surface area contributed by atoms with Crippen LogP contribution in [0, 0.1) is 5.82 Å². The molecule has 0 radical (unpaired) electrons. The van der Waals surface area contributed by atoms with Crippen molar-refractivity contribution in [1.82, 2.24) is 0 Å². The van der Waals surface area contributed by atoms with Gasteiger partial charge in [0.2, 0.25) is 5.91 Å². The highest BCUT2D eigenvalue weighted by atomic mass is 19.1. The molecule has 1 amide bonds. The molecule has 0 unspecified atom stereocenters. The number of nitrogens with one attached hydrogen (secondary N) is 1. The van der Waals surface area contributed by atoms with Gasteiger partial charge in [0.15, 0.2) is 5.82 Å². The summed E-state index contributed by atoms with van der Waals surface area (Å²) in [7, 11) is 1.21. The van der Waals surface area contributed by atoms with Crippen molar-refractivity contribution in [1.29, 1.82) is 0 Å². The fraction of sp³-hybridized carbons (Fsp3) is 0.0714. The number of amides is 1. The van der Waals surface area contributed by atoms with Gasteiger partial charge in [0.1, 0.15) is 5.41 Å². The first-order valence-electron chi connectivity index (χ1n) is 10.6. The minimum absolute atomic E-state index is 0.0291. The SMILES string of the molecule is COC(=O)c1cc(N)c(F)c(NC(=O)C(c2ccccc2)(c2ccccc2)c2ccccc2)c1. The zero-order chi connectivity index (χ0) is 24.1. The molecule has 4 aromatic rings. The molecule has 0 aliphatic rings. The largest absolute Gasteiger partial charge is 0.465 e. The molecule has 4 aromatic carbocycles. The zero-order valence-electron chi connectivity index (χ0n) is 18.5. The molecule has 34 heavy (non-hydrogen) atoms. The number of benzene rings is 4. The van der Waals surface area contributed by atoms with Crippen LogP contribution >= 0.6 is 0 Å². The average Bonchev–Trinajstić information content (AvgIpc) is 2.88. The molecule has 4 rings (SSSR count). The lowest BCUT2D eigenvalue weighted by Crippen LogP contribution is -2.42. The Balaban J connectivity index is 1.95. The van der Waals surface area contributed by atoms with Crippen LogP contribution in [0.5, 0.6) is 0 Å². The Labute approximate surface area is 197 Å². The standard InChI is InChI=1S/C28H23FN2O3/c1-34-26(32)19-17-23(30)25(29)24(18-19)31-27(33)28(20-11-5-2-6-12-20,21-13-7-3-8-14-21)22-15-9-4-10-16-22/h2-18H,30H2,1H3,(H,31,33). The van der Waals surface area contributed by atoms with E-state index in [1.165, 1.54) is 19.2 Å². The van der Waals surface area contributed by atoms with Crippen LogP contribution in [0.2, 0.25) is 0 Å². The van der Waals surface area contributed by atoms with Gasteiger partial charge in [-0.25, -0.2) is 9.18 Å². The number of halogens is 1. The van der Waals surface area contributed by atoms with E-state index < -0.39 is 23.1 Å². The van der Waals surface area contributed by atoms with Gasteiger partial charge in [-0.1, -0.05) is 91.0 Å². The second kappa shape index (κ2) is 9.58. The molecule has 6 heteroatoms. The summed E-state index contributed by atoms with van der Waals surface area (Å²) in [5.74, 6) is -2.02. The lowest BCUT2D eigenvalue weighted by molar-refractivity contribution is -0.119. The van der Waals surface area contributed by atoms with Crippen molar-refractivity contribution in [2.75, 3.05) is 18.2 Å². The van der Waals surface area contributed by atoms with Crippen LogP contribution in [0.1, 0.15) is 27.0 Å². The van der Waals surface area contributed by atoms with E-state index in [1.807, 2.05) is 91.0 Å². The zero-order valence-corrected chi connectivity index (χ0v) is 18.5. The molecule has 5 nitrogen and oxygen atoms in total. The van der Waals surface area contributed by atoms with Crippen LogP contribution in [-0.4, -0.2) is 19.0 Å². The van der Waals surface area contributed by atoms with Gasteiger partial charge >= 0.3 is 5.97 Å². The summed E-state index contributed by atoms with van der Waals surface area (Å²) in [6.07, 6.45) is 0. The van der Waals surface area contributed by atoms with Gasteiger partial charge in [0.25, 0.3) is 0 Å². The van der Waals surface area contributed by atoms with Gasteiger partial charge in [0.05, 0.1) is 24.0 Å². The monoisotopic (exact) mass is 454 g/mol. The topological polar surface area (TPSA) is 81.4 Å². The molecule has 3 N–H and O–H groups in total. The molecule has 0 saturated carbocycles. The third-order valence-electron chi connectivity index (χ3n) is 5.73. The first-order valence-corrected chi connectivity index (χ1v) is 10.6. The molecular weight excluding hydrogens is 431 g/mol. The minimum Gasteiger partial charge on any atom is -0.465 e. The van der Waals surface area contributed by atoms with Crippen molar-refractivity contribution in [3.63, 3.8) is 0 Å². The summed E-state index contributed by atoms with van der Waals surface area (Å²) in [4.78, 5) is 26.3. The van der Waals surface area contributed by atoms with Crippen LogP contribution < -0.4 is 11.1 Å². The number of hydrogen-bond acceptors (Lipinski definition) is 4. The van der Waals surface area contributed by atoms with Gasteiger partial charge in [-0.3, -0.25) is 4.79 Å². The Morgan fingerprint density at radius 2 is 1.24 bits per heavy atom. The molecule has 0 aromatic heterocycles. The molecule has 0 fully saturated rings. The second-order valence-corrected chi connectivity index (χ2v) is 7.72. The van der Waals surface area contributed by atoms with E-state index in [9.17, 15) is 9.59 Å². The fourth-order valence-electron chi connectivity index (χ4n) is 4.15. The summed E-state index contributed by atoms with van der Waals surface area (Å²) in [6.45, 7) is 0. The average molecular weight is 455 g/mol. The summed E-state index contributed by atoms with van der Waals surface area (Å²) in [5.41, 5.74) is 6.12. The highest BCUT2D eigenvalue weighted by molar-refractivity contribution is 6.05. The molecule has 170 valence electrons. The van der Waals surface area contributed by atoms with Crippen LogP contribution in [0.15, 0.2) is 103 Å². The van der Waals surface area contributed by atoms with Crippen molar-refractivity contribution in [2.45, 2.75) is 5.41 Å². The van der Waals surface area contributed by atoms with Gasteiger partial charge in [0, 0.05) is 0 Å². The third kappa shape index (κ3) is 4.01. The smallest absolute Gasteiger partial charge is 0.338 e. The van der Waals surface area contributed by atoms with Crippen molar-refractivity contribution >= 4 is 23.3 Å². The first-order chi connectivity index (χ1) is 16.5. The number of anilines is 2. The summed E-state index contributed by atoms with van der Waals surface area (Å²) in [5, 5.41) is 2.71. The number of esters is 1. The predicted molar refractivity (Wildman–Crippen MR) is 130 cm³/mol. The van der Waals surface area contributed by atoms with Gasteiger partial charge in [-0.2, -0.15) is 0 Å². The molecule has 0 spiro atoms. The summed E-state index contributed by atoms with van der Waals surface area (Å²) in [6, 6.07) is 30.2. The molecule has 0 heterocycles. The summed E-state index contributed by atoms with van der Waals surface area (Å²) < 4.78 is 19.7. The van der Waals surface area contributed by atoms with Crippen LogP contribution in [0.25, 0.3) is 0 Å². The Morgan fingerprint density at radius 3 is 1.65 bits per heavy atom. The normalized spacial score (nSPS) is 11.0. The molecular formula is C28H23FN2O3. The molecule has 0 aliphatic heterocycles. The Hall–Kier alpha value is -4.45. The van der Waals surface area contributed by atoms with E-state index in [4.69, 9.17) is 10.5 Å². The molecule has 0 aliphatic carbocycles. The van der Waals surface area contributed by atoms with E-state index in [0.717, 1.165) is 0 Å². The van der Waals surface area contributed by atoms with Gasteiger partial charge in [-0.15, -0.1) is 0 Å². The maximum Gasteiger partial charge on any atom is 0.338 e. The Bertz CT molecular complexity index is 1210. The predicted octanol–water partition coefficient (Wildman–Crippen LogP) is 5.17. The van der Waals surface area contributed by atoms with Crippen molar-refractivity contribution in [3.8, 4) is 0 Å². The van der Waals surface area contributed by atoms with Crippen LogP contribution in [0.3, 0.4) is 0 Å². The summed E-state index contributed by atoms with van der Waals surface area (Å²) >= 11 is 0. The Morgan fingerprint density at radius 1 is 0.794 bits per heavy atom. The Kier molecular flexibility index (Phi) is 6.41. The number of nitrogen functional groups attached to an aromatic ring is 1. The van der Waals surface area contributed by atoms with Gasteiger partial charge in [-0.05, 0) is 28.8 Å². The number of carbonyl (C=O) groups excluding carboxylic acids is 2. The second-order valence-electron chi connectivity index (χ2n) is 7.72. The van der Waals surface area contributed by atoms with E-state index in [2.05, 4.69) is 5.32 Å². The van der Waals surface area contributed by atoms with E-state index in [1.54, 1.807) is 0 Å². The third-order valence-corrected chi connectivity index (χ3v) is 5.73. The van der Waals surface area contributed by atoms with E-state index in [-0.39, 0.29) is 16.9 Å².